The molecule has 0 atom stereocenters. The van der Waals surface area contributed by atoms with Gasteiger partial charge in [-0.3, -0.25) is 4.79 Å². The first kappa shape index (κ1) is 16.3. The van der Waals surface area contributed by atoms with Gasteiger partial charge in [-0.15, -0.1) is 6.58 Å². The molecule has 1 rings (SSSR count). The lowest BCUT2D eigenvalue weighted by atomic mass is 9.96. The molecule has 20 heavy (non-hydrogen) atoms. The summed E-state index contributed by atoms with van der Waals surface area (Å²) in [4.78, 5) is 24.7. The van der Waals surface area contributed by atoms with Crippen LogP contribution < -0.4 is 10.6 Å². The highest BCUT2D eigenvalue weighted by Gasteiger charge is 2.31. The summed E-state index contributed by atoms with van der Waals surface area (Å²) in [6.45, 7) is 3.22. The number of amides is 3. The van der Waals surface area contributed by atoms with Gasteiger partial charge in [-0.05, 0) is 12.8 Å². The number of urea groups is 1. The molecule has 1 aliphatic heterocycles. The Bertz CT molecular complexity index is 363. The minimum atomic E-state index is -4.40. The zero-order chi connectivity index (χ0) is 15.2. The number of piperidine rings is 1. The highest BCUT2D eigenvalue weighted by Crippen LogP contribution is 2.18. The van der Waals surface area contributed by atoms with Gasteiger partial charge in [0.2, 0.25) is 5.91 Å². The van der Waals surface area contributed by atoms with Crippen LogP contribution in [0, 0.1) is 5.92 Å². The Hall–Kier alpha value is -1.73. The zero-order valence-electron chi connectivity index (χ0n) is 11.0. The molecule has 8 heteroatoms. The molecule has 0 aromatic rings. The van der Waals surface area contributed by atoms with Gasteiger partial charge in [-0.2, -0.15) is 13.2 Å². The lowest BCUT2D eigenvalue weighted by Gasteiger charge is -2.31. The highest BCUT2D eigenvalue weighted by atomic mass is 19.4. The second-order valence-electron chi connectivity index (χ2n) is 4.57. The molecule has 1 saturated heterocycles. The molecular weight excluding hydrogens is 275 g/mol. The Kier molecular flexibility index (Phi) is 5.84. The Morgan fingerprint density at radius 2 is 1.85 bits per heavy atom. The maximum atomic E-state index is 12.0. The van der Waals surface area contributed by atoms with Crippen molar-refractivity contribution < 1.29 is 22.8 Å². The smallest absolute Gasteiger partial charge is 0.347 e. The van der Waals surface area contributed by atoms with E-state index in [0.717, 1.165) is 0 Å². The fraction of sp³-hybridized carbons (Fsp3) is 0.667. The van der Waals surface area contributed by atoms with Crippen molar-refractivity contribution in [3.05, 3.63) is 12.7 Å². The average Bonchev–Trinajstić information content (AvgIpc) is 2.41. The number of likely N-dealkylation sites (tertiary alicyclic amines) is 1. The SMILES string of the molecule is C=CCNC(=O)N1CCC(C(=O)NCC(F)(F)F)CC1. The van der Waals surface area contributed by atoms with E-state index in [2.05, 4.69) is 11.9 Å². The fourth-order valence-corrected chi connectivity index (χ4v) is 1.95. The Labute approximate surface area is 115 Å². The van der Waals surface area contributed by atoms with Gasteiger partial charge in [0, 0.05) is 25.6 Å². The number of rotatable bonds is 4. The average molecular weight is 293 g/mol. The minimum Gasteiger partial charge on any atom is -0.347 e. The van der Waals surface area contributed by atoms with E-state index >= 15 is 0 Å². The number of hydrogen-bond acceptors (Lipinski definition) is 2. The third-order valence-corrected chi connectivity index (χ3v) is 3.01. The van der Waals surface area contributed by atoms with E-state index in [1.54, 1.807) is 6.08 Å². The van der Waals surface area contributed by atoms with Crippen LogP contribution in [0.2, 0.25) is 0 Å². The normalized spacial score (nSPS) is 16.6. The summed E-state index contributed by atoms with van der Waals surface area (Å²) in [6.07, 6.45) is -2.12. The number of carbonyl (C=O) groups excluding carboxylic acids is 2. The van der Waals surface area contributed by atoms with E-state index in [1.165, 1.54) is 4.90 Å². The molecule has 0 aromatic carbocycles. The Morgan fingerprint density at radius 1 is 1.25 bits per heavy atom. The van der Waals surface area contributed by atoms with Crippen molar-refractivity contribution in [3.63, 3.8) is 0 Å². The van der Waals surface area contributed by atoms with Crippen LogP contribution in [0.4, 0.5) is 18.0 Å². The summed E-state index contributed by atoms with van der Waals surface area (Å²) >= 11 is 0. The first-order valence-electron chi connectivity index (χ1n) is 6.31. The standard InChI is InChI=1S/C12H18F3N3O2/c1-2-5-16-11(20)18-6-3-9(4-7-18)10(19)17-8-12(13,14)15/h2,9H,1,3-8H2,(H,16,20)(H,17,19). The lowest BCUT2D eigenvalue weighted by molar-refractivity contribution is -0.141. The van der Waals surface area contributed by atoms with Crippen LogP contribution in [0.1, 0.15) is 12.8 Å². The fourth-order valence-electron chi connectivity index (χ4n) is 1.95. The zero-order valence-corrected chi connectivity index (χ0v) is 11.0. The molecule has 0 aliphatic carbocycles. The summed E-state index contributed by atoms with van der Waals surface area (Å²) in [5.74, 6) is -1.07. The van der Waals surface area contributed by atoms with Gasteiger partial charge in [-0.25, -0.2) is 4.79 Å². The lowest BCUT2D eigenvalue weighted by Crippen LogP contribution is -2.47. The topological polar surface area (TPSA) is 61.4 Å². The molecule has 0 saturated carbocycles. The predicted molar refractivity (Wildman–Crippen MR) is 67.0 cm³/mol. The van der Waals surface area contributed by atoms with E-state index in [4.69, 9.17) is 0 Å². The number of carbonyl (C=O) groups is 2. The number of nitrogens with one attached hydrogen (secondary N) is 2. The second kappa shape index (κ2) is 7.16. The maximum Gasteiger partial charge on any atom is 0.405 e. The van der Waals surface area contributed by atoms with Crippen LogP contribution in [0.15, 0.2) is 12.7 Å². The third kappa shape index (κ3) is 5.50. The van der Waals surface area contributed by atoms with Gasteiger partial charge >= 0.3 is 12.2 Å². The first-order chi connectivity index (χ1) is 9.33. The molecule has 5 nitrogen and oxygen atoms in total. The quantitative estimate of drug-likeness (QED) is 0.767. The van der Waals surface area contributed by atoms with Crippen molar-refractivity contribution >= 4 is 11.9 Å². The molecule has 1 aliphatic rings. The second-order valence-corrected chi connectivity index (χ2v) is 4.57. The van der Waals surface area contributed by atoms with Crippen molar-refractivity contribution in [2.75, 3.05) is 26.2 Å². The van der Waals surface area contributed by atoms with E-state index < -0.39 is 24.5 Å². The molecule has 2 N–H and O–H groups in total. The Morgan fingerprint density at radius 3 is 2.35 bits per heavy atom. The van der Waals surface area contributed by atoms with E-state index in [0.29, 0.717) is 32.5 Å². The largest absolute Gasteiger partial charge is 0.405 e. The summed E-state index contributed by atoms with van der Waals surface area (Å²) < 4.78 is 36.0. The third-order valence-electron chi connectivity index (χ3n) is 3.01. The van der Waals surface area contributed by atoms with Crippen molar-refractivity contribution in [2.45, 2.75) is 19.0 Å². The minimum absolute atomic E-state index is 0.251. The van der Waals surface area contributed by atoms with Gasteiger partial charge in [0.05, 0.1) is 0 Å². The van der Waals surface area contributed by atoms with E-state index in [9.17, 15) is 22.8 Å². The van der Waals surface area contributed by atoms with E-state index in [1.807, 2.05) is 5.32 Å². The highest BCUT2D eigenvalue weighted by molar-refractivity contribution is 5.79. The molecule has 114 valence electrons. The van der Waals surface area contributed by atoms with Gasteiger partial charge < -0.3 is 15.5 Å². The summed E-state index contributed by atoms with van der Waals surface area (Å²) in [6, 6.07) is -0.251. The number of nitrogens with zero attached hydrogens (tertiary/aromatic N) is 1. The van der Waals surface area contributed by atoms with Gasteiger partial charge in [0.15, 0.2) is 0 Å². The molecule has 1 fully saturated rings. The summed E-state index contributed by atoms with van der Waals surface area (Å²) in [5, 5.41) is 4.49. The van der Waals surface area contributed by atoms with Crippen LogP contribution in [0.25, 0.3) is 0 Å². The van der Waals surface area contributed by atoms with Crippen molar-refractivity contribution in [2.24, 2.45) is 5.92 Å². The van der Waals surface area contributed by atoms with Crippen LogP contribution in [-0.4, -0.2) is 49.2 Å². The number of alkyl halides is 3. The number of halogens is 3. The van der Waals surface area contributed by atoms with Crippen LogP contribution in [0.5, 0.6) is 0 Å². The molecule has 0 aromatic heterocycles. The molecule has 0 radical (unpaired) electrons. The Balaban J connectivity index is 2.32. The van der Waals surface area contributed by atoms with Gasteiger partial charge in [-0.1, -0.05) is 6.08 Å². The molecule has 1 heterocycles. The maximum absolute atomic E-state index is 12.0. The molecule has 0 bridgehead atoms. The molecular formula is C12H18F3N3O2. The molecule has 3 amide bonds. The summed E-state index contributed by atoms with van der Waals surface area (Å²) in [5.41, 5.74) is 0. The molecule has 0 spiro atoms. The molecule has 0 unspecified atom stereocenters. The van der Waals surface area contributed by atoms with Crippen molar-refractivity contribution in [3.8, 4) is 0 Å². The monoisotopic (exact) mass is 293 g/mol. The summed E-state index contributed by atoms with van der Waals surface area (Å²) in [7, 11) is 0. The van der Waals surface area contributed by atoms with Crippen LogP contribution >= 0.6 is 0 Å². The first-order valence-corrected chi connectivity index (χ1v) is 6.31. The van der Waals surface area contributed by atoms with Crippen molar-refractivity contribution in [1.29, 1.82) is 0 Å². The van der Waals surface area contributed by atoms with Crippen LogP contribution in [-0.2, 0) is 4.79 Å². The number of hydrogen-bond donors (Lipinski definition) is 2. The van der Waals surface area contributed by atoms with Crippen molar-refractivity contribution in [1.82, 2.24) is 15.5 Å². The van der Waals surface area contributed by atoms with Gasteiger partial charge in [0.25, 0.3) is 0 Å². The van der Waals surface area contributed by atoms with Gasteiger partial charge in [0.1, 0.15) is 6.54 Å². The van der Waals surface area contributed by atoms with Crippen LogP contribution in [0.3, 0.4) is 0 Å². The predicted octanol–water partition coefficient (Wildman–Crippen LogP) is 1.27. The van der Waals surface area contributed by atoms with E-state index in [-0.39, 0.29) is 6.03 Å².